The number of nitrogens with one attached hydrogen (secondary N) is 3. The standard InChI is InChI=1S/C39H76N5O3/c1-31(2)41-33(4)29-39(6)23-15-18-35(30-39)28-38(45)40-24-13-8-9-16-32(3)17-12-14-25-43-26-21-36(22-27-43)34(5)47-44(46)42-37-19-10-7-11-20-37/h31-37,41-42H,7-30H2,1-6H3,(H,40,45)/q-1/t32-,33+,34-,35?,39?/m1/s1. The zero-order valence-corrected chi connectivity index (χ0v) is 31.6. The molecule has 3 aliphatic rings. The van der Waals surface area contributed by atoms with Crippen molar-refractivity contribution in [3.8, 4) is 0 Å². The van der Waals surface area contributed by atoms with Crippen molar-refractivity contribution >= 4 is 5.91 Å². The number of nitrogens with zero attached hydrogens (tertiary/aromatic N) is 2. The van der Waals surface area contributed by atoms with Gasteiger partial charge in [-0.2, -0.15) is 5.34 Å². The Morgan fingerprint density at radius 3 is 2.32 bits per heavy atom. The van der Waals surface area contributed by atoms with Crippen LogP contribution < -0.4 is 16.1 Å². The molecule has 3 N–H and O–H groups in total. The summed E-state index contributed by atoms with van der Waals surface area (Å²) in [6.07, 6.45) is 23.7. The number of carbonyl (C=O) groups is 1. The fourth-order valence-corrected chi connectivity index (χ4v) is 9.07. The van der Waals surface area contributed by atoms with Crippen LogP contribution in [-0.2, 0) is 9.63 Å². The average Bonchev–Trinajstić information content (AvgIpc) is 3.01. The summed E-state index contributed by atoms with van der Waals surface area (Å²) in [4.78, 5) is 21.0. The van der Waals surface area contributed by atoms with Crippen molar-refractivity contribution in [2.24, 2.45) is 23.2 Å². The Morgan fingerprint density at radius 1 is 0.915 bits per heavy atom. The van der Waals surface area contributed by atoms with Gasteiger partial charge in [0.05, 0.1) is 6.10 Å². The van der Waals surface area contributed by atoms with Crippen LogP contribution in [0.4, 0.5) is 0 Å². The second-order valence-corrected chi connectivity index (χ2v) is 16.9. The minimum atomic E-state index is -0.0346. The first kappa shape index (κ1) is 40.7. The molecule has 5 atom stereocenters. The van der Waals surface area contributed by atoms with Gasteiger partial charge in [0.25, 0.3) is 0 Å². The van der Waals surface area contributed by atoms with E-state index in [1.54, 1.807) is 0 Å². The normalized spacial score (nSPS) is 25.7. The lowest BCUT2D eigenvalue weighted by molar-refractivity contribution is -0.215. The van der Waals surface area contributed by atoms with Crippen LogP contribution in [0.1, 0.15) is 170 Å². The maximum absolute atomic E-state index is 12.7. The molecule has 3 fully saturated rings. The number of unbranched alkanes of at least 4 members (excludes halogenated alkanes) is 3. The van der Waals surface area contributed by atoms with Crippen molar-refractivity contribution in [3.63, 3.8) is 0 Å². The molecule has 8 heteroatoms. The Labute approximate surface area is 290 Å². The molecule has 47 heavy (non-hydrogen) atoms. The van der Waals surface area contributed by atoms with Crippen molar-refractivity contribution < 1.29 is 9.63 Å². The molecular formula is C39H76N5O3-. The van der Waals surface area contributed by atoms with Crippen molar-refractivity contribution in [2.75, 3.05) is 26.2 Å². The highest BCUT2D eigenvalue weighted by atomic mass is 16.9. The Bertz CT molecular complexity index is 831. The molecule has 2 unspecified atom stereocenters. The summed E-state index contributed by atoms with van der Waals surface area (Å²) >= 11 is 0. The summed E-state index contributed by atoms with van der Waals surface area (Å²) < 4.78 is 0. The molecular weight excluding hydrogens is 586 g/mol. The smallest absolute Gasteiger partial charge is 0.220 e. The van der Waals surface area contributed by atoms with Crippen LogP contribution in [0.25, 0.3) is 0 Å². The minimum absolute atomic E-state index is 0.0346. The molecule has 1 amide bonds. The third-order valence-electron chi connectivity index (χ3n) is 11.6. The van der Waals surface area contributed by atoms with E-state index in [9.17, 15) is 10.0 Å². The van der Waals surface area contributed by atoms with E-state index in [0.717, 1.165) is 57.7 Å². The largest absolute Gasteiger partial charge is 0.748 e. The molecule has 0 bridgehead atoms. The van der Waals surface area contributed by atoms with Crippen LogP contribution in [0.3, 0.4) is 0 Å². The zero-order chi connectivity index (χ0) is 34.1. The zero-order valence-electron chi connectivity index (χ0n) is 31.6. The Morgan fingerprint density at radius 2 is 1.62 bits per heavy atom. The van der Waals surface area contributed by atoms with Gasteiger partial charge in [0, 0.05) is 31.1 Å². The molecule has 8 nitrogen and oxygen atoms in total. The molecule has 0 radical (unpaired) electrons. The van der Waals surface area contributed by atoms with Crippen LogP contribution >= 0.6 is 0 Å². The topological polar surface area (TPSA) is 91.9 Å². The van der Waals surface area contributed by atoms with E-state index < -0.39 is 0 Å². The fourth-order valence-electron chi connectivity index (χ4n) is 9.07. The van der Waals surface area contributed by atoms with Crippen molar-refractivity contribution in [3.05, 3.63) is 5.21 Å². The summed E-state index contributed by atoms with van der Waals surface area (Å²) in [7, 11) is 0. The van der Waals surface area contributed by atoms with Gasteiger partial charge in [-0.3, -0.25) is 9.63 Å². The first-order valence-corrected chi connectivity index (χ1v) is 20.2. The van der Waals surface area contributed by atoms with E-state index in [1.807, 2.05) is 0 Å². The van der Waals surface area contributed by atoms with Gasteiger partial charge in [0.15, 0.2) is 0 Å². The molecule has 0 aromatic rings. The summed E-state index contributed by atoms with van der Waals surface area (Å²) in [6, 6.07) is 1.33. The Balaban J connectivity index is 1.14. The van der Waals surface area contributed by atoms with Crippen LogP contribution in [0.2, 0.25) is 0 Å². The summed E-state index contributed by atoms with van der Waals surface area (Å²) in [6.45, 7) is 17.9. The lowest BCUT2D eigenvalue weighted by Crippen LogP contribution is -2.46. The van der Waals surface area contributed by atoms with E-state index in [-0.39, 0.29) is 18.1 Å². The van der Waals surface area contributed by atoms with Crippen LogP contribution in [-0.4, -0.2) is 66.6 Å². The number of piperidine rings is 1. The number of likely N-dealkylation sites (tertiary alicyclic amines) is 1. The van der Waals surface area contributed by atoms with Crippen LogP contribution in [0.5, 0.6) is 0 Å². The number of hydrogen-bond acceptors (Lipinski definition) is 7. The molecule has 0 spiro atoms. The van der Waals surface area contributed by atoms with Crippen LogP contribution in [0, 0.1) is 28.4 Å². The van der Waals surface area contributed by atoms with E-state index in [1.165, 1.54) is 96.4 Å². The first-order valence-electron chi connectivity index (χ1n) is 20.2. The lowest BCUT2D eigenvalue weighted by atomic mass is 9.67. The highest BCUT2D eigenvalue weighted by molar-refractivity contribution is 5.76. The molecule has 276 valence electrons. The fraction of sp³-hybridized carbons (Fsp3) is 0.974. The third-order valence-corrected chi connectivity index (χ3v) is 11.6. The number of rotatable bonds is 22. The second kappa shape index (κ2) is 22.1. The van der Waals surface area contributed by atoms with Crippen molar-refractivity contribution in [1.29, 1.82) is 0 Å². The number of hydrogen-bond donors (Lipinski definition) is 3. The van der Waals surface area contributed by atoms with E-state index in [2.05, 4.69) is 62.5 Å². The monoisotopic (exact) mass is 663 g/mol. The van der Waals surface area contributed by atoms with Gasteiger partial charge in [-0.1, -0.05) is 85.5 Å². The van der Waals surface area contributed by atoms with Gasteiger partial charge in [-0.05, 0) is 121 Å². The maximum Gasteiger partial charge on any atom is 0.220 e. The molecule has 3 rings (SSSR count). The van der Waals surface area contributed by atoms with Crippen molar-refractivity contribution in [1.82, 2.24) is 26.3 Å². The lowest BCUT2D eigenvalue weighted by Gasteiger charge is -2.40. The molecule has 0 aromatic carbocycles. The van der Waals surface area contributed by atoms with Crippen molar-refractivity contribution in [2.45, 2.75) is 194 Å². The average molecular weight is 663 g/mol. The van der Waals surface area contributed by atoms with Gasteiger partial charge in [0.2, 0.25) is 5.91 Å². The van der Waals surface area contributed by atoms with E-state index >= 15 is 0 Å². The predicted molar refractivity (Wildman–Crippen MR) is 196 cm³/mol. The molecule has 2 saturated carbocycles. The van der Waals surface area contributed by atoms with Gasteiger partial charge in [-0.25, -0.2) is 5.43 Å². The maximum atomic E-state index is 12.7. The number of amides is 1. The number of carbonyl (C=O) groups excluding carboxylic acids is 1. The predicted octanol–water partition coefficient (Wildman–Crippen LogP) is 8.50. The Kier molecular flexibility index (Phi) is 19.1. The minimum Gasteiger partial charge on any atom is -0.748 e. The molecule has 1 aliphatic heterocycles. The molecule has 1 heterocycles. The van der Waals surface area contributed by atoms with Gasteiger partial charge < -0.3 is 20.7 Å². The van der Waals surface area contributed by atoms with Crippen LogP contribution in [0.15, 0.2) is 0 Å². The van der Waals surface area contributed by atoms with E-state index in [0.29, 0.717) is 41.1 Å². The molecule has 0 aromatic heterocycles. The third kappa shape index (κ3) is 17.1. The highest BCUT2D eigenvalue weighted by Gasteiger charge is 2.34. The Hall–Kier alpha value is -0.770. The SMILES string of the molecule is CC(C)N[C@@H](C)CC1(C)CCCC(CC(=O)NCCCCC[C@@H](C)CCCCN2CCC([C@@H](C)ON([O-])NC3CCCCC3)CC2)C1. The summed E-state index contributed by atoms with van der Waals surface area (Å²) in [5, 5.41) is 19.8. The van der Waals surface area contributed by atoms with Gasteiger partial charge in [-0.15, -0.1) is 0 Å². The summed E-state index contributed by atoms with van der Waals surface area (Å²) in [5.74, 6) is 2.05. The number of hydrazine groups is 1. The molecule has 1 saturated heterocycles. The first-order chi connectivity index (χ1) is 22.5. The highest BCUT2D eigenvalue weighted by Crippen LogP contribution is 2.43. The van der Waals surface area contributed by atoms with Gasteiger partial charge in [0.1, 0.15) is 0 Å². The second-order valence-electron chi connectivity index (χ2n) is 16.9. The van der Waals surface area contributed by atoms with E-state index in [4.69, 9.17) is 4.84 Å². The molecule has 2 aliphatic carbocycles. The quantitative estimate of drug-likeness (QED) is 0.0791. The van der Waals surface area contributed by atoms with Gasteiger partial charge >= 0.3 is 0 Å². The summed E-state index contributed by atoms with van der Waals surface area (Å²) in [5.41, 5.74) is 3.38.